The molecular formula is C10H21NO2. The van der Waals surface area contributed by atoms with Crippen LogP contribution in [0.2, 0.25) is 0 Å². The molecule has 0 aromatic heterocycles. The predicted octanol–water partition coefficient (Wildman–Crippen LogP) is 0.724. The summed E-state index contributed by atoms with van der Waals surface area (Å²) in [6.07, 6.45) is 0.641. The number of hydrogen-bond donors (Lipinski definition) is 1. The van der Waals surface area contributed by atoms with E-state index in [1.807, 2.05) is 0 Å². The van der Waals surface area contributed by atoms with Crippen LogP contribution < -0.4 is 0 Å². The zero-order valence-electron chi connectivity index (χ0n) is 8.86. The molecule has 0 saturated carbocycles. The molecule has 0 aromatic rings. The molecule has 2 unspecified atom stereocenters. The van der Waals surface area contributed by atoms with Crippen LogP contribution in [0.15, 0.2) is 0 Å². The van der Waals surface area contributed by atoms with Crippen molar-refractivity contribution >= 4 is 0 Å². The largest absolute Gasteiger partial charge is 0.389 e. The molecule has 0 spiro atoms. The van der Waals surface area contributed by atoms with Crippen molar-refractivity contribution in [1.29, 1.82) is 0 Å². The summed E-state index contributed by atoms with van der Waals surface area (Å²) in [6, 6.07) is 0.288. The minimum absolute atomic E-state index is 0.288. The Labute approximate surface area is 80.7 Å². The van der Waals surface area contributed by atoms with Crippen LogP contribution in [0.25, 0.3) is 0 Å². The van der Waals surface area contributed by atoms with Crippen LogP contribution in [0.3, 0.4) is 0 Å². The van der Waals surface area contributed by atoms with Gasteiger partial charge in [-0.2, -0.15) is 0 Å². The highest BCUT2D eigenvalue weighted by Crippen LogP contribution is 2.14. The van der Waals surface area contributed by atoms with Gasteiger partial charge in [-0.25, -0.2) is 0 Å². The maximum Gasteiger partial charge on any atom is 0.0929 e. The summed E-state index contributed by atoms with van der Waals surface area (Å²) in [4.78, 5) is 2.25. The SMILES string of the molecule is CC(C)CN(C)C1CCOCC1O. The van der Waals surface area contributed by atoms with Crippen molar-refractivity contribution in [3.63, 3.8) is 0 Å². The number of likely N-dealkylation sites (N-methyl/N-ethyl adjacent to an activating group) is 1. The lowest BCUT2D eigenvalue weighted by Crippen LogP contribution is -2.48. The third-order valence-corrected chi connectivity index (χ3v) is 2.51. The second-order valence-corrected chi connectivity index (χ2v) is 4.33. The Bertz CT molecular complexity index is 150. The molecule has 0 radical (unpaired) electrons. The van der Waals surface area contributed by atoms with E-state index in [0.29, 0.717) is 12.5 Å². The van der Waals surface area contributed by atoms with Crippen molar-refractivity contribution in [3.05, 3.63) is 0 Å². The molecule has 78 valence electrons. The van der Waals surface area contributed by atoms with Crippen molar-refractivity contribution in [1.82, 2.24) is 4.90 Å². The summed E-state index contributed by atoms with van der Waals surface area (Å²) in [6.45, 7) is 6.71. The molecule has 0 amide bonds. The van der Waals surface area contributed by atoms with Gasteiger partial charge in [0.1, 0.15) is 0 Å². The summed E-state index contributed by atoms with van der Waals surface area (Å²) in [5.41, 5.74) is 0. The first-order chi connectivity index (χ1) is 6.11. The first kappa shape index (κ1) is 11.0. The number of nitrogens with zero attached hydrogens (tertiary/aromatic N) is 1. The Morgan fingerprint density at radius 1 is 1.54 bits per heavy atom. The molecule has 1 aliphatic rings. The quantitative estimate of drug-likeness (QED) is 0.707. The van der Waals surface area contributed by atoms with Gasteiger partial charge in [-0.1, -0.05) is 13.8 Å². The Morgan fingerprint density at radius 3 is 2.77 bits per heavy atom. The second kappa shape index (κ2) is 4.94. The number of rotatable bonds is 3. The Morgan fingerprint density at radius 2 is 2.23 bits per heavy atom. The average molecular weight is 187 g/mol. The molecule has 1 N–H and O–H groups in total. The van der Waals surface area contributed by atoms with E-state index in [1.54, 1.807) is 0 Å². The van der Waals surface area contributed by atoms with Crippen molar-refractivity contribution in [2.75, 3.05) is 26.8 Å². The lowest BCUT2D eigenvalue weighted by Gasteiger charge is -2.35. The van der Waals surface area contributed by atoms with Gasteiger partial charge in [0.25, 0.3) is 0 Å². The van der Waals surface area contributed by atoms with Crippen LogP contribution in [0.4, 0.5) is 0 Å². The lowest BCUT2D eigenvalue weighted by atomic mass is 10.0. The zero-order chi connectivity index (χ0) is 9.84. The van der Waals surface area contributed by atoms with E-state index in [4.69, 9.17) is 4.74 Å². The van der Waals surface area contributed by atoms with Gasteiger partial charge in [0, 0.05) is 19.2 Å². The van der Waals surface area contributed by atoms with Gasteiger partial charge in [-0.15, -0.1) is 0 Å². The van der Waals surface area contributed by atoms with E-state index in [9.17, 15) is 5.11 Å². The van der Waals surface area contributed by atoms with Gasteiger partial charge in [-0.3, -0.25) is 0 Å². The Balaban J connectivity index is 2.39. The highest BCUT2D eigenvalue weighted by molar-refractivity contribution is 4.80. The molecule has 0 bridgehead atoms. The molecule has 1 rings (SSSR count). The summed E-state index contributed by atoms with van der Waals surface area (Å²) in [5.74, 6) is 0.653. The molecular weight excluding hydrogens is 166 g/mol. The fraction of sp³-hybridized carbons (Fsp3) is 1.00. The standard InChI is InChI=1S/C10H21NO2/c1-8(2)6-11(3)9-4-5-13-7-10(9)12/h8-10,12H,4-7H2,1-3H3. The average Bonchev–Trinajstić information content (AvgIpc) is 2.03. The summed E-state index contributed by atoms with van der Waals surface area (Å²) >= 11 is 0. The van der Waals surface area contributed by atoms with Crippen molar-refractivity contribution in [2.24, 2.45) is 5.92 Å². The van der Waals surface area contributed by atoms with Crippen LogP contribution in [-0.4, -0.2) is 49.0 Å². The van der Waals surface area contributed by atoms with E-state index in [-0.39, 0.29) is 12.1 Å². The molecule has 3 nitrogen and oxygen atoms in total. The van der Waals surface area contributed by atoms with Gasteiger partial charge >= 0.3 is 0 Å². The van der Waals surface area contributed by atoms with Gasteiger partial charge in [0.05, 0.1) is 12.7 Å². The minimum atomic E-state index is -0.308. The number of aliphatic hydroxyl groups excluding tert-OH is 1. The van der Waals surface area contributed by atoms with Crippen molar-refractivity contribution < 1.29 is 9.84 Å². The highest BCUT2D eigenvalue weighted by atomic mass is 16.5. The van der Waals surface area contributed by atoms with Gasteiger partial charge < -0.3 is 14.7 Å². The molecule has 0 aliphatic carbocycles. The monoisotopic (exact) mass is 187 g/mol. The van der Waals surface area contributed by atoms with Crippen molar-refractivity contribution in [2.45, 2.75) is 32.4 Å². The molecule has 1 aliphatic heterocycles. The third-order valence-electron chi connectivity index (χ3n) is 2.51. The van der Waals surface area contributed by atoms with E-state index >= 15 is 0 Å². The molecule has 2 atom stereocenters. The first-order valence-electron chi connectivity index (χ1n) is 5.07. The molecule has 1 fully saturated rings. The maximum atomic E-state index is 9.69. The van der Waals surface area contributed by atoms with Crippen LogP contribution in [-0.2, 0) is 4.74 Å². The normalized spacial score (nSPS) is 30.0. The number of hydrogen-bond acceptors (Lipinski definition) is 3. The van der Waals surface area contributed by atoms with Crippen molar-refractivity contribution in [3.8, 4) is 0 Å². The highest BCUT2D eigenvalue weighted by Gasteiger charge is 2.27. The lowest BCUT2D eigenvalue weighted by molar-refractivity contribution is -0.0605. The van der Waals surface area contributed by atoms with Gasteiger partial charge in [-0.05, 0) is 19.4 Å². The maximum absolute atomic E-state index is 9.69. The number of aliphatic hydroxyl groups is 1. The predicted molar refractivity (Wildman–Crippen MR) is 52.7 cm³/mol. The Kier molecular flexibility index (Phi) is 4.16. The third kappa shape index (κ3) is 3.25. The molecule has 13 heavy (non-hydrogen) atoms. The van der Waals surface area contributed by atoms with E-state index in [0.717, 1.165) is 19.6 Å². The molecule has 1 heterocycles. The first-order valence-corrected chi connectivity index (χ1v) is 5.07. The van der Waals surface area contributed by atoms with Crippen LogP contribution in [0.5, 0.6) is 0 Å². The smallest absolute Gasteiger partial charge is 0.0929 e. The molecule has 1 saturated heterocycles. The number of ether oxygens (including phenoxy) is 1. The second-order valence-electron chi connectivity index (χ2n) is 4.33. The molecule has 0 aromatic carbocycles. The van der Waals surface area contributed by atoms with E-state index < -0.39 is 0 Å². The minimum Gasteiger partial charge on any atom is -0.389 e. The van der Waals surface area contributed by atoms with E-state index in [1.165, 1.54) is 0 Å². The Hall–Kier alpha value is -0.120. The van der Waals surface area contributed by atoms with Crippen LogP contribution in [0, 0.1) is 5.92 Å². The zero-order valence-corrected chi connectivity index (χ0v) is 8.86. The van der Waals surface area contributed by atoms with Crippen LogP contribution >= 0.6 is 0 Å². The van der Waals surface area contributed by atoms with Crippen LogP contribution in [0.1, 0.15) is 20.3 Å². The van der Waals surface area contributed by atoms with E-state index in [2.05, 4.69) is 25.8 Å². The summed E-state index contributed by atoms with van der Waals surface area (Å²) in [7, 11) is 2.08. The fourth-order valence-electron chi connectivity index (χ4n) is 1.94. The van der Waals surface area contributed by atoms with Gasteiger partial charge in [0.15, 0.2) is 0 Å². The van der Waals surface area contributed by atoms with Gasteiger partial charge in [0.2, 0.25) is 0 Å². The molecule has 3 heteroatoms. The summed E-state index contributed by atoms with van der Waals surface area (Å²) in [5, 5.41) is 9.69. The fourth-order valence-corrected chi connectivity index (χ4v) is 1.94. The summed E-state index contributed by atoms with van der Waals surface area (Å²) < 4.78 is 5.19. The topological polar surface area (TPSA) is 32.7 Å².